The molecule has 0 unspecified atom stereocenters. The molecule has 2 aromatic carbocycles. The molecular formula is C19H18Cl3NO2. The summed E-state index contributed by atoms with van der Waals surface area (Å²) in [6, 6.07) is 17.2. The molecule has 0 fully saturated rings. The van der Waals surface area contributed by atoms with Crippen LogP contribution in [0.15, 0.2) is 59.0 Å². The summed E-state index contributed by atoms with van der Waals surface area (Å²) in [7, 11) is 1.67. The normalized spacial score (nSPS) is 10.4. The van der Waals surface area contributed by atoms with Gasteiger partial charge >= 0.3 is 0 Å². The highest BCUT2D eigenvalue weighted by atomic mass is 35.5. The van der Waals surface area contributed by atoms with Crippen molar-refractivity contribution >= 4 is 35.6 Å². The van der Waals surface area contributed by atoms with E-state index in [-0.39, 0.29) is 12.4 Å². The molecule has 0 spiro atoms. The Morgan fingerprint density at radius 3 is 2.60 bits per heavy atom. The number of hydrogen-bond acceptors (Lipinski definition) is 3. The van der Waals surface area contributed by atoms with Gasteiger partial charge in [0, 0.05) is 17.1 Å². The molecule has 0 atom stereocenters. The quantitative estimate of drug-likeness (QED) is 0.555. The van der Waals surface area contributed by atoms with Crippen LogP contribution in [0, 0.1) is 0 Å². The SMILES string of the molecule is COc1cccc(CNCc2ccc(-c3ccc(Cl)cc3Cl)o2)c1.Cl. The van der Waals surface area contributed by atoms with E-state index in [0.29, 0.717) is 16.6 Å². The van der Waals surface area contributed by atoms with Crippen molar-refractivity contribution in [3.8, 4) is 17.1 Å². The molecule has 0 radical (unpaired) electrons. The molecule has 1 heterocycles. The molecular weight excluding hydrogens is 381 g/mol. The van der Waals surface area contributed by atoms with Gasteiger partial charge in [-0.1, -0.05) is 35.3 Å². The average Bonchev–Trinajstić information content (AvgIpc) is 3.03. The van der Waals surface area contributed by atoms with Gasteiger partial charge in [0.15, 0.2) is 0 Å². The van der Waals surface area contributed by atoms with Crippen LogP contribution in [0.3, 0.4) is 0 Å². The number of methoxy groups -OCH3 is 1. The maximum Gasteiger partial charge on any atom is 0.135 e. The van der Waals surface area contributed by atoms with E-state index in [2.05, 4.69) is 11.4 Å². The lowest BCUT2D eigenvalue weighted by Gasteiger charge is -2.05. The Morgan fingerprint density at radius 2 is 1.84 bits per heavy atom. The third-order valence-electron chi connectivity index (χ3n) is 3.62. The number of halogens is 3. The van der Waals surface area contributed by atoms with Gasteiger partial charge in [-0.15, -0.1) is 12.4 Å². The molecule has 6 heteroatoms. The van der Waals surface area contributed by atoms with E-state index in [0.717, 1.165) is 34.9 Å². The number of rotatable bonds is 6. The van der Waals surface area contributed by atoms with Crippen LogP contribution >= 0.6 is 35.6 Å². The summed E-state index contributed by atoms with van der Waals surface area (Å²) in [4.78, 5) is 0. The van der Waals surface area contributed by atoms with Crippen LogP contribution in [-0.4, -0.2) is 7.11 Å². The number of hydrogen-bond donors (Lipinski definition) is 1. The largest absolute Gasteiger partial charge is 0.497 e. The molecule has 1 N–H and O–H groups in total. The van der Waals surface area contributed by atoms with E-state index in [9.17, 15) is 0 Å². The second kappa shape index (κ2) is 9.16. The van der Waals surface area contributed by atoms with Crippen molar-refractivity contribution in [1.29, 1.82) is 0 Å². The fraction of sp³-hybridized carbons (Fsp3) is 0.158. The second-order valence-corrected chi connectivity index (χ2v) is 6.19. The highest BCUT2D eigenvalue weighted by Crippen LogP contribution is 2.31. The highest BCUT2D eigenvalue weighted by molar-refractivity contribution is 6.36. The first-order valence-electron chi connectivity index (χ1n) is 7.53. The predicted octanol–water partition coefficient (Wildman–Crippen LogP) is 5.97. The zero-order valence-electron chi connectivity index (χ0n) is 13.6. The predicted molar refractivity (Wildman–Crippen MR) is 105 cm³/mol. The van der Waals surface area contributed by atoms with E-state index in [1.165, 1.54) is 0 Å². The molecule has 3 rings (SSSR count). The monoisotopic (exact) mass is 397 g/mol. The Hall–Kier alpha value is -1.65. The summed E-state index contributed by atoms with van der Waals surface area (Å²) < 4.78 is 11.1. The van der Waals surface area contributed by atoms with Crippen LogP contribution in [0.5, 0.6) is 5.75 Å². The van der Waals surface area contributed by atoms with E-state index in [1.807, 2.05) is 36.4 Å². The molecule has 25 heavy (non-hydrogen) atoms. The van der Waals surface area contributed by atoms with Gasteiger partial charge in [-0.25, -0.2) is 0 Å². The molecule has 0 aliphatic rings. The van der Waals surface area contributed by atoms with E-state index < -0.39 is 0 Å². The minimum Gasteiger partial charge on any atom is -0.497 e. The fourth-order valence-corrected chi connectivity index (χ4v) is 2.92. The summed E-state index contributed by atoms with van der Waals surface area (Å²) in [6.45, 7) is 1.36. The minimum atomic E-state index is 0. The summed E-state index contributed by atoms with van der Waals surface area (Å²) in [6.07, 6.45) is 0. The van der Waals surface area contributed by atoms with Crippen LogP contribution in [0.4, 0.5) is 0 Å². The maximum atomic E-state index is 6.21. The topological polar surface area (TPSA) is 34.4 Å². The van der Waals surface area contributed by atoms with Gasteiger partial charge in [0.05, 0.1) is 18.7 Å². The number of furan rings is 1. The summed E-state index contributed by atoms with van der Waals surface area (Å²) in [5.41, 5.74) is 1.99. The molecule has 0 amide bonds. The lowest BCUT2D eigenvalue weighted by molar-refractivity contribution is 0.414. The number of benzene rings is 2. The standard InChI is InChI=1S/C19H17Cl2NO2.ClH/c1-23-15-4-2-3-13(9-15)11-22-12-16-6-8-19(24-16)17-7-5-14(20)10-18(17)21;/h2-10,22H,11-12H2,1H3;1H. The van der Waals surface area contributed by atoms with Crippen LogP contribution in [-0.2, 0) is 13.1 Å². The molecule has 1 aromatic heterocycles. The highest BCUT2D eigenvalue weighted by Gasteiger charge is 2.09. The fourth-order valence-electron chi connectivity index (χ4n) is 2.42. The van der Waals surface area contributed by atoms with Gasteiger partial charge in [0.2, 0.25) is 0 Å². The molecule has 0 saturated heterocycles. The van der Waals surface area contributed by atoms with Crippen molar-refractivity contribution < 1.29 is 9.15 Å². The molecule has 0 bridgehead atoms. The lowest BCUT2D eigenvalue weighted by Crippen LogP contribution is -2.12. The molecule has 0 aliphatic carbocycles. The van der Waals surface area contributed by atoms with Crippen LogP contribution in [0.1, 0.15) is 11.3 Å². The second-order valence-electron chi connectivity index (χ2n) is 5.35. The first-order valence-corrected chi connectivity index (χ1v) is 8.29. The van der Waals surface area contributed by atoms with Crippen molar-refractivity contribution in [2.75, 3.05) is 7.11 Å². The van der Waals surface area contributed by atoms with Gasteiger partial charge in [0.25, 0.3) is 0 Å². The number of nitrogens with one attached hydrogen (secondary N) is 1. The Bertz CT molecular complexity index is 833. The molecule has 132 valence electrons. The average molecular weight is 399 g/mol. The van der Waals surface area contributed by atoms with Crippen molar-refractivity contribution in [3.05, 3.63) is 76.0 Å². The smallest absolute Gasteiger partial charge is 0.135 e. The number of ether oxygens (including phenoxy) is 1. The van der Waals surface area contributed by atoms with Crippen molar-refractivity contribution in [3.63, 3.8) is 0 Å². The van der Waals surface area contributed by atoms with E-state index >= 15 is 0 Å². The molecule has 3 aromatic rings. The lowest BCUT2D eigenvalue weighted by atomic mass is 10.2. The van der Waals surface area contributed by atoms with Gasteiger partial charge in [-0.05, 0) is 48.0 Å². The van der Waals surface area contributed by atoms with Gasteiger partial charge < -0.3 is 14.5 Å². The van der Waals surface area contributed by atoms with Crippen molar-refractivity contribution in [2.24, 2.45) is 0 Å². The summed E-state index contributed by atoms with van der Waals surface area (Å²) in [5, 5.41) is 4.54. The third kappa shape index (κ3) is 5.16. The zero-order chi connectivity index (χ0) is 16.9. The summed E-state index contributed by atoms with van der Waals surface area (Å²) in [5.74, 6) is 2.43. The summed E-state index contributed by atoms with van der Waals surface area (Å²) >= 11 is 12.1. The minimum absolute atomic E-state index is 0. The third-order valence-corrected chi connectivity index (χ3v) is 4.17. The van der Waals surface area contributed by atoms with E-state index in [4.69, 9.17) is 32.4 Å². The Morgan fingerprint density at radius 1 is 1.00 bits per heavy atom. The maximum absolute atomic E-state index is 6.21. The Balaban J connectivity index is 0.00000225. The van der Waals surface area contributed by atoms with Crippen LogP contribution < -0.4 is 10.1 Å². The van der Waals surface area contributed by atoms with Gasteiger partial charge in [-0.3, -0.25) is 0 Å². The molecule has 0 saturated carbocycles. The van der Waals surface area contributed by atoms with Gasteiger partial charge in [0.1, 0.15) is 17.3 Å². The van der Waals surface area contributed by atoms with Crippen molar-refractivity contribution in [1.82, 2.24) is 5.32 Å². The van der Waals surface area contributed by atoms with Crippen molar-refractivity contribution in [2.45, 2.75) is 13.1 Å². The van der Waals surface area contributed by atoms with Crippen LogP contribution in [0.2, 0.25) is 10.0 Å². The first-order chi connectivity index (χ1) is 11.7. The Labute approximate surface area is 163 Å². The van der Waals surface area contributed by atoms with E-state index in [1.54, 1.807) is 19.2 Å². The van der Waals surface area contributed by atoms with Gasteiger partial charge in [-0.2, -0.15) is 0 Å². The molecule has 3 nitrogen and oxygen atoms in total. The zero-order valence-corrected chi connectivity index (χ0v) is 15.9. The first kappa shape index (κ1) is 19.7. The van der Waals surface area contributed by atoms with Crippen LogP contribution in [0.25, 0.3) is 11.3 Å². The Kier molecular flexibility index (Phi) is 7.21. The molecule has 0 aliphatic heterocycles.